The van der Waals surface area contributed by atoms with Crippen LogP contribution in [0.15, 0.2) is 23.9 Å². The summed E-state index contributed by atoms with van der Waals surface area (Å²) in [5.74, 6) is 0. The maximum atomic E-state index is 5.33. The third-order valence-electron chi connectivity index (χ3n) is 3.23. The highest BCUT2D eigenvalue weighted by Gasteiger charge is 2.34. The van der Waals surface area contributed by atoms with Crippen LogP contribution in [-0.2, 0) is 26.1 Å². The average molecular weight is 250 g/mol. The molecule has 1 aromatic carbocycles. The lowest BCUT2D eigenvalue weighted by Crippen LogP contribution is -2.40. The molecule has 0 heterocycles. The van der Waals surface area contributed by atoms with Gasteiger partial charge in [-0.25, -0.2) is 0 Å². The molecule has 0 radical (unpaired) electrons. The van der Waals surface area contributed by atoms with Crippen LogP contribution in [0.2, 0.25) is 0 Å². The van der Waals surface area contributed by atoms with E-state index in [1.807, 2.05) is 11.8 Å². The van der Waals surface area contributed by atoms with Crippen LogP contribution in [0.5, 0.6) is 0 Å². The highest BCUT2D eigenvalue weighted by atomic mass is 28.4. The van der Waals surface area contributed by atoms with Gasteiger partial charge in [-0.1, -0.05) is 24.3 Å². The molecule has 17 heavy (non-hydrogen) atoms. The maximum Gasteiger partial charge on any atom is 0.528 e. The van der Waals surface area contributed by atoms with Crippen LogP contribution in [0, 0.1) is 0 Å². The van der Waals surface area contributed by atoms with Crippen LogP contribution in [0.25, 0.3) is 6.08 Å². The molecule has 3 nitrogen and oxygen atoms in total. The number of rotatable bonds is 5. The van der Waals surface area contributed by atoms with Crippen molar-refractivity contribution in [3.05, 3.63) is 40.6 Å². The lowest BCUT2D eigenvalue weighted by atomic mass is 9.87. The molecular formula is C13H18O3Si. The Labute approximate surface area is 103 Å². The molecule has 0 unspecified atom stereocenters. The van der Waals surface area contributed by atoms with Gasteiger partial charge in [-0.15, -0.1) is 0 Å². The monoisotopic (exact) mass is 250 g/mol. The zero-order chi connectivity index (χ0) is 12.3. The Morgan fingerprint density at radius 3 is 2.12 bits per heavy atom. The van der Waals surface area contributed by atoms with Crippen molar-refractivity contribution in [1.29, 1.82) is 0 Å². The molecule has 1 aliphatic rings. The highest BCUT2D eigenvalue weighted by Crippen LogP contribution is 2.24. The van der Waals surface area contributed by atoms with Gasteiger partial charge in [0, 0.05) is 21.3 Å². The van der Waals surface area contributed by atoms with E-state index < -0.39 is 8.80 Å². The standard InChI is InChI=1S/C13H18O3Si/c1-14-17(15-2,16-3)9-8-11-4-5-12-6-7-13(12)10-11/h4-5,8-10H,6-7H2,1-3H3. The minimum absolute atomic E-state index is 1.17. The largest absolute Gasteiger partial charge is 0.528 e. The molecule has 0 saturated carbocycles. The quantitative estimate of drug-likeness (QED) is 0.750. The summed E-state index contributed by atoms with van der Waals surface area (Å²) in [6.45, 7) is 0. The molecule has 0 amide bonds. The third-order valence-corrected chi connectivity index (χ3v) is 5.51. The van der Waals surface area contributed by atoms with E-state index in [0.29, 0.717) is 0 Å². The van der Waals surface area contributed by atoms with E-state index in [1.54, 1.807) is 21.3 Å². The van der Waals surface area contributed by atoms with Crippen molar-refractivity contribution in [3.8, 4) is 0 Å². The molecule has 1 aliphatic carbocycles. The molecule has 0 atom stereocenters. The van der Waals surface area contributed by atoms with E-state index in [9.17, 15) is 0 Å². The second-order valence-corrected chi connectivity index (χ2v) is 6.84. The molecule has 0 saturated heterocycles. The van der Waals surface area contributed by atoms with Crippen LogP contribution < -0.4 is 0 Å². The third kappa shape index (κ3) is 2.50. The topological polar surface area (TPSA) is 27.7 Å². The number of fused-ring (bicyclic) bond motifs is 1. The number of hydrogen-bond acceptors (Lipinski definition) is 3. The smallest absolute Gasteiger partial charge is 0.374 e. The Morgan fingerprint density at radius 1 is 1.00 bits per heavy atom. The zero-order valence-corrected chi connectivity index (χ0v) is 11.5. The Bertz CT molecular complexity index is 416. The van der Waals surface area contributed by atoms with Crippen molar-refractivity contribution in [2.75, 3.05) is 21.3 Å². The van der Waals surface area contributed by atoms with Gasteiger partial charge in [0.2, 0.25) is 0 Å². The van der Waals surface area contributed by atoms with Crippen LogP contribution in [0.3, 0.4) is 0 Å². The summed E-state index contributed by atoms with van der Waals surface area (Å²) < 4.78 is 16.0. The fraction of sp³-hybridized carbons (Fsp3) is 0.385. The van der Waals surface area contributed by atoms with Gasteiger partial charge in [0.25, 0.3) is 0 Å². The second kappa shape index (κ2) is 5.14. The predicted octanol–water partition coefficient (Wildman–Crippen LogP) is 2.22. The van der Waals surface area contributed by atoms with E-state index in [0.717, 1.165) is 0 Å². The average Bonchev–Trinajstić information content (AvgIpc) is 2.34. The van der Waals surface area contributed by atoms with Crippen LogP contribution in [0.1, 0.15) is 16.7 Å². The van der Waals surface area contributed by atoms with Gasteiger partial charge in [-0.3, -0.25) is 0 Å². The number of benzene rings is 1. The molecule has 1 aromatic rings. The first-order valence-corrected chi connectivity index (χ1v) is 7.50. The maximum absolute atomic E-state index is 5.33. The van der Waals surface area contributed by atoms with E-state index in [4.69, 9.17) is 13.3 Å². The van der Waals surface area contributed by atoms with Gasteiger partial charge < -0.3 is 13.3 Å². The Morgan fingerprint density at radius 2 is 1.65 bits per heavy atom. The predicted molar refractivity (Wildman–Crippen MR) is 69.7 cm³/mol. The van der Waals surface area contributed by atoms with Gasteiger partial charge in [0.15, 0.2) is 0 Å². The van der Waals surface area contributed by atoms with E-state index >= 15 is 0 Å². The molecule has 0 aliphatic heterocycles. The van der Waals surface area contributed by atoms with Crippen molar-refractivity contribution in [2.45, 2.75) is 12.8 Å². The summed E-state index contributed by atoms with van der Waals surface area (Å²) in [4.78, 5) is 0. The van der Waals surface area contributed by atoms with Crippen molar-refractivity contribution in [2.24, 2.45) is 0 Å². The minimum Gasteiger partial charge on any atom is -0.374 e. The summed E-state index contributed by atoms with van der Waals surface area (Å²) >= 11 is 0. The molecule has 0 spiro atoms. The first kappa shape index (κ1) is 12.5. The van der Waals surface area contributed by atoms with E-state index in [2.05, 4.69) is 18.2 Å². The molecule has 0 fully saturated rings. The van der Waals surface area contributed by atoms with Crippen molar-refractivity contribution in [1.82, 2.24) is 0 Å². The normalized spacial score (nSPS) is 14.8. The fourth-order valence-electron chi connectivity index (χ4n) is 1.97. The lowest BCUT2D eigenvalue weighted by Gasteiger charge is -2.21. The molecular weight excluding hydrogens is 232 g/mol. The molecule has 2 rings (SSSR count). The van der Waals surface area contributed by atoms with Crippen molar-refractivity contribution < 1.29 is 13.3 Å². The van der Waals surface area contributed by atoms with Gasteiger partial charge in [-0.05, 0) is 35.2 Å². The minimum atomic E-state index is -2.59. The lowest BCUT2D eigenvalue weighted by molar-refractivity contribution is 0.139. The second-order valence-electron chi connectivity index (χ2n) is 4.08. The Balaban J connectivity index is 2.15. The van der Waals surface area contributed by atoms with Gasteiger partial charge in [0.05, 0.1) is 0 Å². The molecule has 0 bridgehead atoms. The van der Waals surface area contributed by atoms with Crippen molar-refractivity contribution in [3.63, 3.8) is 0 Å². The van der Waals surface area contributed by atoms with E-state index in [-0.39, 0.29) is 0 Å². The molecule has 0 N–H and O–H groups in total. The molecule has 92 valence electrons. The summed E-state index contributed by atoms with van der Waals surface area (Å²) in [6, 6.07) is 6.53. The first-order chi connectivity index (χ1) is 8.23. The van der Waals surface area contributed by atoms with Gasteiger partial charge in [0.1, 0.15) is 0 Å². The zero-order valence-electron chi connectivity index (χ0n) is 10.5. The first-order valence-electron chi connectivity index (χ1n) is 5.69. The highest BCUT2D eigenvalue weighted by molar-refractivity contribution is 6.66. The van der Waals surface area contributed by atoms with Gasteiger partial charge >= 0.3 is 8.80 Å². The van der Waals surface area contributed by atoms with Crippen LogP contribution >= 0.6 is 0 Å². The number of aryl methyl sites for hydroxylation is 2. The summed E-state index contributed by atoms with van der Waals surface area (Å²) in [5.41, 5.74) is 6.00. The van der Waals surface area contributed by atoms with E-state index in [1.165, 1.54) is 29.5 Å². The fourth-order valence-corrected chi connectivity index (χ4v) is 3.28. The Hall–Kier alpha value is -0.943. The summed E-state index contributed by atoms with van der Waals surface area (Å²) in [6.07, 6.45) is 4.42. The Kier molecular flexibility index (Phi) is 3.78. The molecule has 4 heteroatoms. The van der Waals surface area contributed by atoms with Crippen molar-refractivity contribution >= 4 is 14.9 Å². The van der Waals surface area contributed by atoms with Gasteiger partial charge in [-0.2, -0.15) is 0 Å². The SMILES string of the molecule is CO[Si](C=Cc1ccc2c(c1)CC2)(OC)OC. The molecule has 0 aromatic heterocycles. The summed E-state index contributed by atoms with van der Waals surface area (Å²) in [7, 11) is 2.24. The summed E-state index contributed by atoms with van der Waals surface area (Å²) in [5, 5.41) is 0. The van der Waals surface area contributed by atoms with Crippen LogP contribution in [0.4, 0.5) is 0 Å². The number of hydrogen-bond donors (Lipinski definition) is 0. The van der Waals surface area contributed by atoms with Crippen LogP contribution in [-0.4, -0.2) is 30.1 Å².